The summed E-state index contributed by atoms with van der Waals surface area (Å²) in [5, 5.41) is 9.00. The van der Waals surface area contributed by atoms with Gasteiger partial charge in [-0.05, 0) is 62.4 Å². The lowest BCUT2D eigenvalue weighted by molar-refractivity contribution is 1.27. The highest BCUT2D eigenvalue weighted by molar-refractivity contribution is 5.76. The van der Waals surface area contributed by atoms with Crippen LogP contribution < -0.4 is 4.90 Å². The van der Waals surface area contributed by atoms with Crippen LogP contribution in [0.15, 0.2) is 72.8 Å². The summed E-state index contributed by atoms with van der Waals surface area (Å²) in [6.07, 6.45) is 0. The van der Waals surface area contributed by atoms with Gasteiger partial charge in [-0.15, -0.1) is 0 Å². The molecule has 0 spiro atoms. The van der Waals surface area contributed by atoms with E-state index in [1.54, 1.807) is 0 Å². The second kappa shape index (κ2) is 6.37. The maximum Gasteiger partial charge on any atom is 0.0991 e. The fourth-order valence-electron chi connectivity index (χ4n) is 2.52. The molecule has 0 saturated carbocycles. The van der Waals surface area contributed by atoms with Gasteiger partial charge in [0.15, 0.2) is 0 Å². The van der Waals surface area contributed by atoms with E-state index in [-0.39, 0.29) is 0 Å². The van der Waals surface area contributed by atoms with Gasteiger partial charge in [0.25, 0.3) is 0 Å². The highest BCUT2D eigenvalue weighted by Gasteiger charge is 2.12. The monoisotopic (exact) mass is 298 g/mol. The Kier molecular flexibility index (Phi) is 4.12. The Morgan fingerprint density at radius 1 is 0.609 bits per heavy atom. The molecular weight excluding hydrogens is 280 g/mol. The van der Waals surface area contributed by atoms with Crippen molar-refractivity contribution in [3.8, 4) is 6.07 Å². The summed E-state index contributed by atoms with van der Waals surface area (Å²) in [4.78, 5) is 2.19. The Morgan fingerprint density at radius 3 is 1.30 bits per heavy atom. The van der Waals surface area contributed by atoms with Crippen molar-refractivity contribution in [3.63, 3.8) is 0 Å². The van der Waals surface area contributed by atoms with Crippen molar-refractivity contribution >= 4 is 17.1 Å². The Hall–Kier alpha value is -3.05. The zero-order chi connectivity index (χ0) is 16.2. The fraction of sp³-hybridized carbons (Fsp3) is 0.0952. The molecule has 0 aliphatic heterocycles. The highest BCUT2D eigenvalue weighted by atomic mass is 15.1. The van der Waals surface area contributed by atoms with Crippen LogP contribution in [-0.4, -0.2) is 0 Å². The largest absolute Gasteiger partial charge is 0.311 e. The van der Waals surface area contributed by atoms with Crippen molar-refractivity contribution in [2.75, 3.05) is 4.90 Å². The molecule has 0 radical (unpaired) electrons. The first-order valence-electron chi connectivity index (χ1n) is 7.61. The maximum atomic E-state index is 9.00. The van der Waals surface area contributed by atoms with Crippen LogP contribution in [0.5, 0.6) is 0 Å². The average Bonchev–Trinajstić information content (AvgIpc) is 2.59. The number of anilines is 3. The Balaban J connectivity index is 2.10. The first-order chi connectivity index (χ1) is 11.2. The molecule has 112 valence electrons. The van der Waals surface area contributed by atoms with E-state index in [4.69, 9.17) is 5.26 Å². The molecule has 0 bridgehead atoms. The number of aryl methyl sites for hydroxylation is 2. The number of rotatable bonds is 3. The molecule has 0 saturated heterocycles. The molecule has 3 rings (SSSR count). The predicted molar refractivity (Wildman–Crippen MR) is 95.3 cm³/mol. The topological polar surface area (TPSA) is 27.0 Å². The van der Waals surface area contributed by atoms with Crippen LogP contribution in [-0.2, 0) is 0 Å². The quantitative estimate of drug-likeness (QED) is 0.625. The lowest BCUT2D eigenvalue weighted by atomic mass is 10.1. The molecule has 0 heterocycles. The van der Waals surface area contributed by atoms with E-state index in [0.717, 1.165) is 17.1 Å². The van der Waals surface area contributed by atoms with Crippen molar-refractivity contribution in [2.45, 2.75) is 13.8 Å². The summed E-state index contributed by atoms with van der Waals surface area (Å²) >= 11 is 0. The number of nitriles is 1. The van der Waals surface area contributed by atoms with Gasteiger partial charge < -0.3 is 4.90 Å². The van der Waals surface area contributed by atoms with E-state index in [2.05, 4.69) is 73.3 Å². The van der Waals surface area contributed by atoms with Crippen molar-refractivity contribution in [1.29, 1.82) is 5.26 Å². The third kappa shape index (κ3) is 3.25. The summed E-state index contributed by atoms with van der Waals surface area (Å²) in [5.41, 5.74) is 6.38. The molecular formula is C21H18N2. The first-order valence-corrected chi connectivity index (χ1v) is 7.61. The van der Waals surface area contributed by atoms with E-state index >= 15 is 0 Å². The maximum absolute atomic E-state index is 9.00. The third-order valence-corrected chi connectivity index (χ3v) is 3.84. The van der Waals surface area contributed by atoms with Gasteiger partial charge in [0.2, 0.25) is 0 Å². The van der Waals surface area contributed by atoms with Gasteiger partial charge in [-0.25, -0.2) is 0 Å². The fourth-order valence-corrected chi connectivity index (χ4v) is 2.52. The van der Waals surface area contributed by atoms with E-state index in [9.17, 15) is 0 Å². The molecule has 2 nitrogen and oxygen atoms in total. The van der Waals surface area contributed by atoms with Crippen LogP contribution in [0.2, 0.25) is 0 Å². The Labute approximate surface area is 137 Å². The SMILES string of the molecule is Cc1ccc(N(c2ccc(C)cc2)c2ccc(C#N)cc2)cc1. The zero-order valence-corrected chi connectivity index (χ0v) is 13.3. The van der Waals surface area contributed by atoms with Crippen LogP contribution in [0.1, 0.15) is 16.7 Å². The highest BCUT2D eigenvalue weighted by Crippen LogP contribution is 2.34. The lowest BCUT2D eigenvalue weighted by Gasteiger charge is -2.25. The Morgan fingerprint density at radius 2 is 0.957 bits per heavy atom. The van der Waals surface area contributed by atoms with Gasteiger partial charge in [0.1, 0.15) is 0 Å². The van der Waals surface area contributed by atoms with Gasteiger partial charge in [0, 0.05) is 17.1 Å². The first kappa shape index (κ1) is 14.9. The minimum Gasteiger partial charge on any atom is -0.311 e. The minimum atomic E-state index is 0.668. The molecule has 0 unspecified atom stereocenters. The normalized spacial score (nSPS) is 10.1. The summed E-state index contributed by atoms with van der Waals surface area (Å²) < 4.78 is 0. The van der Waals surface area contributed by atoms with Gasteiger partial charge in [-0.2, -0.15) is 5.26 Å². The lowest BCUT2D eigenvalue weighted by Crippen LogP contribution is -2.09. The van der Waals surface area contributed by atoms with Crippen LogP contribution in [0.4, 0.5) is 17.1 Å². The van der Waals surface area contributed by atoms with Crippen LogP contribution >= 0.6 is 0 Å². The molecule has 2 heteroatoms. The molecule has 0 aliphatic rings. The second-order valence-corrected chi connectivity index (χ2v) is 5.67. The van der Waals surface area contributed by atoms with E-state index < -0.39 is 0 Å². The van der Waals surface area contributed by atoms with Crippen molar-refractivity contribution in [2.24, 2.45) is 0 Å². The molecule has 0 aliphatic carbocycles. The molecule has 23 heavy (non-hydrogen) atoms. The number of hydrogen-bond donors (Lipinski definition) is 0. The van der Waals surface area contributed by atoms with Crippen LogP contribution in [0.25, 0.3) is 0 Å². The molecule has 0 fully saturated rings. The van der Waals surface area contributed by atoms with Crippen molar-refractivity contribution in [3.05, 3.63) is 89.5 Å². The zero-order valence-electron chi connectivity index (χ0n) is 13.3. The number of nitrogens with zero attached hydrogens (tertiary/aromatic N) is 2. The molecule has 0 N–H and O–H groups in total. The smallest absolute Gasteiger partial charge is 0.0991 e. The second-order valence-electron chi connectivity index (χ2n) is 5.67. The summed E-state index contributed by atoms with van der Waals surface area (Å²) in [5.74, 6) is 0. The minimum absolute atomic E-state index is 0.668. The van der Waals surface area contributed by atoms with E-state index in [1.165, 1.54) is 11.1 Å². The van der Waals surface area contributed by atoms with Gasteiger partial charge in [0.05, 0.1) is 11.6 Å². The van der Waals surface area contributed by atoms with Crippen molar-refractivity contribution < 1.29 is 0 Å². The van der Waals surface area contributed by atoms with Gasteiger partial charge in [-0.3, -0.25) is 0 Å². The van der Waals surface area contributed by atoms with Crippen LogP contribution in [0, 0.1) is 25.2 Å². The molecule has 3 aromatic carbocycles. The number of benzene rings is 3. The molecule has 0 amide bonds. The van der Waals surface area contributed by atoms with Gasteiger partial charge in [-0.1, -0.05) is 35.4 Å². The Bertz CT molecular complexity index is 778. The predicted octanol–water partition coefficient (Wildman–Crippen LogP) is 5.64. The molecule has 0 atom stereocenters. The third-order valence-electron chi connectivity index (χ3n) is 3.84. The van der Waals surface area contributed by atoms with Crippen molar-refractivity contribution in [1.82, 2.24) is 0 Å². The summed E-state index contributed by atoms with van der Waals surface area (Å²) in [6, 6.07) is 26.8. The molecule has 0 aromatic heterocycles. The van der Waals surface area contributed by atoms with E-state index in [0.29, 0.717) is 5.56 Å². The molecule has 3 aromatic rings. The standard InChI is InChI=1S/C21H18N2/c1-16-3-9-19(10-4-16)23(20-11-5-17(2)6-12-20)21-13-7-18(15-22)8-14-21/h3-14H,1-2H3. The van der Waals surface area contributed by atoms with Crippen LogP contribution in [0.3, 0.4) is 0 Å². The van der Waals surface area contributed by atoms with Gasteiger partial charge >= 0.3 is 0 Å². The average molecular weight is 298 g/mol. The summed E-state index contributed by atoms with van der Waals surface area (Å²) in [6.45, 7) is 4.17. The number of hydrogen-bond acceptors (Lipinski definition) is 2. The van der Waals surface area contributed by atoms with E-state index in [1.807, 2.05) is 24.3 Å². The summed E-state index contributed by atoms with van der Waals surface area (Å²) in [7, 11) is 0.